The van der Waals surface area contributed by atoms with Gasteiger partial charge >= 0.3 is 12.4 Å². The van der Waals surface area contributed by atoms with Gasteiger partial charge in [-0.15, -0.1) is 0 Å². The molecule has 0 saturated carbocycles. The molecule has 6 nitrogen and oxygen atoms in total. The predicted octanol–water partition coefficient (Wildman–Crippen LogP) is 6.95. The Labute approximate surface area is 234 Å². The second-order valence-corrected chi connectivity index (χ2v) is 10.5. The van der Waals surface area contributed by atoms with E-state index < -0.39 is 23.5 Å². The number of nitrogens with one attached hydrogen (secondary N) is 1. The number of hydrogen-bond donors (Lipinski definition) is 1. The summed E-state index contributed by atoms with van der Waals surface area (Å²) in [5, 5.41) is 3.33. The van der Waals surface area contributed by atoms with Gasteiger partial charge in [-0.3, -0.25) is 0 Å². The minimum Gasteiger partial charge on any atom is -0.474 e. The highest BCUT2D eigenvalue weighted by atomic mass is 19.4. The molecule has 41 heavy (non-hydrogen) atoms. The Morgan fingerprint density at radius 3 is 2.05 bits per heavy atom. The second kappa shape index (κ2) is 11.7. The van der Waals surface area contributed by atoms with E-state index in [-0.39, 0.29) is 12.1 Å². The molecule has 2 aliphatic rings. The topological polar surface area (TPSA) is 53.5 Å². The Kier molecular flexibility index (Phi) is 8.19. The summed E-state index contributed by atoms with van der Waals surface area (Å²) in [6.45, 7) is 4.48. The highest BCUT2D eigenvalue weighted by molar-refractivity contribution is 5.52. The lowest BCUT2D eigenvalue weighted by molar-refractivity contribution is -0.138. The first-order chi connectivity index (χ1) is 19.5. The number of benzene rings is 2. The quantitative estimate of drug-likeness (QED) is 0.319. The zero-order chi connectivity index (χ0) is 29.2. The number of halogens is 6. The van der Waals surface area contributed by atoms with Gasteiger partial charge in [0, 0.05) is 56.4 Å². The Morgan fingerprint density at radius 1 is 0.780 bits per heavy atom. The van der Waals surface area contributed by atoms with Gasteiger partial charge in [0.05, 0.1) is 16.7 Å². The van der Waals surface area contributed by atoms with E-state index in [0.29, 0.717) is 56.3 Å². The average Bonchev–Trinajstić information content (AvgIpc) is 2.95. The maximum atomic E-state index is 13.1. The molecule has 5 rings (SSSR count). The van der Waals surface area contributed by atoms with Crippen LogP contribution in [0.15, 0.2) is 54.9 Å². The summed E-state index contributed by atoms with van der Waals surface area (Å²) in [5.74, 6) is 1.28. The van der Waals surface area contributed by atoms with Crippen molar-refractivity contribution in [3.05, 3.63) is 71.5 Å². The molecule has 0 unspecified atom stereocenters. The summed E-state index contributed by atoms with van der Waals surface area (Å²) in [5.41, 5.74) is 0.703. The van der Waals surface area contributed by atoms with Crippen molar-refractivity contribution < 1.29 is 31.1 Å². The molecule has 1 aromatic heterocycles. The van der Waals surface area contributed by atoms with E-state index in [1.165, 1.54) is 30.6 Å². The average molecular weight is 580 g/mol. The van der Waals surface area contributed by atoms with Crippen LogP contribution in [0.5, 0.6) is 5.88 Å². The van der Waals surface area contributed by atoms with E-state index in [0.717, 1.165) is 42.4 Å². The summed E-state index contributed by atoms with van der Waals surface area (Å²) in [7, 11) is 0. The third-order valence-electron chi connectivity index (χ3n) is 7.65. The Balaban J connectivity index is 1.14. The van der Waals surface area contributed by atoms with Crippen LogP contribution in [0.1, 0.15) is 42.4 Å². The van der Waals surface area contributed by atoms with Gasteiger partial charge in [-0.1, -0.05) is 6.07 Å². The minimum absolute atomic E-state index is 0.114. The monoisotopic (exact) mass is 579 g/mol. The Bertz CT molecular complexity index is 1310. The van der Waals surface area contributed by atoms with Crippen LogP contribution in [-0.2, 0) is 12.4 Å². The highest BCUT2D eigenvalue weighted by Gasteiger charge is 2.32. The number of ether oxygens (including phenoxy) is 1. The van der Waals surface area contributed by atoms with E-state index in [2.05, 4.69) is 20.2 Å². The first kappa shape index (κ1) is 28.8. The van der Waals surface area contributed by atoms with Gasteiger partial charge < -0.3 is 19.9 Å². The van der Waals surface area contributed by atoms with E-state index >= 15 is 0 Å². The molecular formula is C29H31F6N5O. The summed E-state index contributed by atoms with van der Waals surface area (Å²) < 4.78 is 84.0. The molecule has 2 aliphatic heterocycles. The fourth-order valence-electron chi connectivity index (χ4n) is 5.36. The van der Waals surface area contributed by atoms with Crippen LogP contribution in [0.4, 0.5) is 43.5 Å². The third-order valence-corrected chi connectivity index (χ3v) is 7.65. The molecule has 0 aliphatic carbocycles. The van der Waals surface area contributed by atoms with Gasteiger partial charge in [0.2, 0.25) is 5.88 Å². The van der Waals surface area contributed by atoms with Crippen molar-refractivity contribution in [3.8, 4) is 5.88 Å². The largest absolute Gasteiger partial charge is 0.474 e. The van der Waals surface area contributed by atoms with Crippen molar-refractivity contribution in [2.75, 3.05) is 41.3 Å². The lowest BCUT2D eigenvalue weighted by atomic mass is 10.0. The standard InChI is InChI=1S/C29H31F6N5O/c1-19-26(40-13-9-23(10-14-40)38-22-7-5-20(6-8-22)28(30,31)32)36-18-37-27(19)41-25-11-15-39(16-12-25)24-4-2-3-21(17-24)29(33,34)35/h2-8,17-18,23,25,38H,9-16H2,1H3. The molecule has 0 amide bonds. The van der Waals surface area contributed by atoms with Gasteiger partial charge in [-0.2, -0.15) is 26.3 Å². The zero-order valence-corrected chi connectivity index (χ0v) is 22.5. The maximum Gasteiger partial charge on any atom is 0.416 e. The molecule has 0 spiro atoms. The lowest BCUT2D eigenvalue weighted by Crippen LogP contribution is -2.40. The van der Waals surface area contributed by atoms with E-state index in [4.69, 9.17) is 4.74 Å². The van der Waals surface area contributed by atoms with Crippen molar-refractivity contribution >= 4 is 17.2 Å². The van der Waals surface area contributed by atoms with Crippen molar-refractivity contribution in [1.82, 2.24) is 9.97 Å². The Morgan fingerprint density at radius 2 is 1.41 bits per heavy atom. The van der Waals surface area contributed by atoms with Crippen LogP contribution in [0, 0.1) is 6.92 Å². The van der Waals surface area contributed by atoms with E-state index in [9.17, 15) is 26.3 Å². The predicted molar refractivity (Wildman–Crippen MR) is 144 cm³/mol. The minimum atomic E-state index is -4.38. The molecule has 12 heteroatoms. The van der Waals surface area contributed by atoms with Crippen molar-refractivity contribution in [3.63, 3.8) is 0 Å². The third kappa shape index (κ3) is 6.97. The SMILES string of the molecule is Cc1c(OC2CCN(c3cccc(C(F)(F)F)c3)CC2)ncnc1N1CCC(Nc2ccc(C(F)(F)F)cc2)CC1. The summed E-state index contributed by atoms with van der Waals surface area (Å²) >= 11 is 0. The second-order valence-electron chi connectivity index (χ2n) is 10.5. The molecule has 1 N–H and O–H groups in total. The van der Waals surface area contributed by atoms with Crippen LogP contribution < -0.4 is 19.9 Å². The molecule has 3 heterocycles. The number of rotatable bonds is 6. The van der Waals surface area contributed by atoms with Gasteiger partial charge in [0.25, 0.3) is 0 Å². The lowest BCUT2D eigenvalue weighted by Gasteiger charge is -2.35. The molecular weight excluding hydrogens is 548 g/mol. The number of nitrogens with zero attached hydrogens (tertiary/aromatic N) is 4. The number of aromatic nitrogens is 2. The summed E-state index contributed by atoms with van der Waals surface area (Å²) in [4.78, 5) is 12.9. The highest BCUT2D eigenvalue weighted by Crippen LogP contribution is 2.34. The molecule has 3 aromatic rings. The fraction of sp³-hybridized carbons (Fsp3) is 0.448. The van der Waals surface area contributed by atoms with Gasteiger partial charge in [-0.25, -0.2) is 9.97 Å². The Hall–Kier alpha value is -3.70. The van der Waals surface area contributed by atoms with Crippen molar-refractivity contribution in [1.29, 1.82) is 0 Å². The fourth-order valence-corrected chi connectivity index (χ4v) is 5.36. The van der Waals surface area contributed by atoms with Crippen LogP contribution in [0.25, 0.3) is 0 Å². The first-order valence-electron chi connectivity index (χ1n) is 13.6. The van der Waals surface area contributed by atoms with Gasteiger partial charge in [0.1, 0.15) is 18.2 Å². The first-order valence-corrected chi connectivity index (χ1v) is 13.6. The number of anilines is 3. The molecule has 2 saturated heterocycles. The van der Waals surface area contributed by atoms with Crippen LogP contribution in [0.3, 0.4) is 0 Å². The number of alkyl halides is 6. The number of hydrogen-bond acceptors (Lipinski definition) is 6. The zero-order valence-electron chi connectivity index (χ0n) is 22.5. The molecule has 0 radical (unpaired) electrons. The molecule has 2 aromatic carbocycles. The maximum absolute atomic E-state index is 13.1. The number of piperidine rings is 2. The van der Waals surface area contributed by atoms with Crippen molar-refractivity contribution in [2.24, 2.45) is 0 Å². The van der Waals surface area contributed by atoms with Crippen molar-refractivity contribution in [2.45, 2.75) is 57.1 Å². The molecule has 2 fully saturated rings. The molecule has 220 valence electrons. The van der Waals surface area contributed by atoms with Crippen LogP contribution >= 0.6 is 0 Å². The normalized spacial score (nSPS) is 17.5. The van der Waals surface area contributed by atoms with Crippen LogP contribution in [0.2, 0.25) is 0 Å². The smallest absolute Gasteiger partial charge is 0.416 e. The molecule has 0 bridgehead atoms. The van der Waals surface area contributed by atoms with Crippen LogP contribution in [-0.4, -0.2) is 48.3 Å². The summed E-state index contributed by atoms with van der Waals surface area (Å²) in [6.07, 6.45) is -4.50. The molecule has 0 atom stereocenters. The van der Waals surface area contributed by atoms with E-state index in [1.807, 2.05) is 11.8 Å². The van der Waals surface area contributed by atoms with E-state index in [1.54, 1.807) is 6.07 Å². The van der Waals surface area contributed by atoms with Gasteiger partial charge in [0.15, 0.2) is 0 Å². The van der Waals surface area contributed by atoms with Gasteiger partial charge in [-0.05, 0) is 62.2 Å². The summed E-state index contributed by atoms with van der Waals surface area (Å²) in [6, 6.07) is 10.6.